The molecule has 1 rings (SSSR count). The molecule has 0 spiro atoms. The first kappa shape index (κ1) is 19.8. The molecule has 11 heteroatoms. The van der Waals surface area contributed by atoms with E-state index in [1.165, 1.54) is 12.1 Å². The first-order valence-corrected chi connectivity index (χ1v) is 6.66. The predicted molar refractivity (Wildman–Crippen MR) is 64.1 cm³/mol. The van der Waals surface area contributed by atoms with E-state index in [1.807, 2.05) is 0 Å². The van der Waals surface area contributed by atoms with Crippen molar-refractivity contribution in [2.45, 2.75) is 17.4 Å². The molecule has 4 N–H and O–H groups in total. The summed E-state index contributed by atoms with van der Waals surface area (Å²) in [4.78, 5) is 20.7. The third-order valence-corrected chi connectivity index (χ3v) is 3.04. The zero-order valence-electron chi connectivity index (χ0n) is 10.9. The zero-order chi connectivity index (χ0) is 15.3. The number of carboxylic acids is 2. The Balaban J connectivity index is 0.00000400. The molecule has 1 aromatic carbocycles. The van der Waals surface area contributed by atoms with Crippen molar-refractivity contribution >= 4 is 27.7 Å². The Hall–Kier alpha value is -1.17. The molecule has 0 bridgehead atoms. The Labute approximate surface area is 142 Å². The Kier molecular flexibility index (Phi) is 7.85. The standard InChI is InChI=1S/C10H12N2O7S.Na/c13-9(14)5-8(10(15)16)12-11-6-2-1-3-7(4-6)20(17,18)19;/h1-4,8,11-12H,5H2,(H,13,14)(H,15,16)(H,17,18,19);/q;+1/p-1. The van der Waals surface area contributed by atoms with Gasteiger partial charge in [-0.2, -0.15) is 8.42 Å². The summed E-state index contributed by atoms with van der Waals surface area (Å²) < 4.78 is 30.7. The number of aliphatic carboxylic acids is 2. The molecule has 0 heterocycles. The third kappa shape index (κ3) is 6.89. The van der Waals surface area contributed by atoms with Gasteiger partial charge in [-0.25, -0.2) is 5.43 Å². The second-order valence-corrected chi connectivity index (χ2v) is 5.16. The van der Waals surface area contributed by atoms with Crippen LogP contribution in [0.3, 0.4) is 0 Å². The summed E-state index contributed by atoms with van der Waals surface area (Å²) in [6.45, 7) is 0. The molecule has 1 aromatic rings. The van der Waals surface area contributed by atoms with E-state index in [0.29, 0.717) is 0 Å². The predicted octanol–water partition coefficient (Wildman–Crippen LogP) is -4.55. The first-order valence-electron chi connectivity index (χ1n) is 5.22. The maximum atomic E-state index is 10.9. The summed E-state index contributed by atoms with van der Waals surface area (Å²) >= 11 is 0. The molecule has 1 atom stereocenters. The van der Waals surface area contributed by atoms with Crippen molar-refractivity contribution in [1.29, 1.82) is 0 Å². The SMILES string of the molecule is O=C([O-])CC(NNc1cccc(S(=O)(=O)O)c1)C(=O)O.[Na+]. The average molecular weight is 326 g/mol. The van der Waals surface area contributed by atoms with Crippen LogP contribution in [-0.2, 0) is 19.7 Å². The van der Waals surface area contributed by atoms with Gasteiger partial charge in [0.15, 0.2) is 0 Å². The topological polar surface area (TPSA) is 156 Å². The summed E-state index contributed by atoms with van der Waals surface area (Å²) in [5, 5.41) is 19.1. The Morgan fingerprint density at radius 1 is 1.33 bits per heavy atom. The van der Waals surface area contributed by atoms with E-state index in [0.717, 1.165) is 12.1 Å². The molecule has 21 heavy (non-hydrogen) atoms. The van der Waals surface area contributed by atoms with Crippen molar-refractivity contribution in [3.8, 4) is 0 Å². The van der Waals surface area contributed by atoms with Crippen LogP contribution in [0.4, 0.5) is 5.69 Å². The Bertz CT molecular complexity index is 620. The molecule has 0 saturated heterocycles. The molecule has 0 saturated carbocycles. The van der Waals surface area contributed by atoms with Gasteiger partial charge in [0.05, 0.1) is 10.6 Å². The van der Waals surface area contributed by atoms with E-state index >= 15 is 0 Å². The zero-order valence-corrected chi connectivity index (χ0v) is 13.8. The van der Waals surface area contributed by atoms with E-state index in [-0.39, 0.29) is 35.2 Å². The summed E-state index contributed by atoms with van der Waals surface area (Å²) in [6.07, 6.45) is -0.777. The monoisotopic (exact) mass is 326 g/mol. The van der Waals surface area contributed by atoms with Crippen molar-refractivity contribution < 1.29 is 62.3 Å². The normalized spacial score (nSPS) is 12.0. The van der Waals surface area contributed by atoms with E-state index in [4.69, 9.17) is 9.66 Å². The smallest absolute Gasteiger partial charge is 0.550 e. The fraction of sp³-hybridized carbons (Fsp3) is 0.200. The van der Waals surface area contributed by atoms with Crippen LogP contribution >= 0.6 is 0 Å². The van der Waals surface area contributed by atoms with E-state index in [1.54, 1.807) is 0 Å². The summed E-state index contributed by atoms with van der Waals surface area (Å²) in [5.41, 5.74) is 4.67. The number of hydrogen-bond acceptors (Lipinski definition) is 7. The Morgan fingerprint density at radius 2 is 1.95 bits per heavy atom. The molecule has 0 aliphatic heterocycles. The van der Waals surface area contributed by atoms with Crippen LogP contribution in [0.1, 0.15) is 6.42 Å². The molecular weight excluding hydrogens is 315 g/mol. The van der Waals surface area contributed by atoms with Gasteiger partial charge in [-0.05, 0) is 18.2 Å². The maximum Gasteiger partial charge on any atom is 1.00 e. The number of rotatable bonds is 7. The number of anilines is 1. The maximum absolute atomic E-state index is 10.9. The second kappa shape index (κ2) is 8.32. The van der Waals surface area contributed by atoms with Gasteiger partial charge in [0, 0.05) is 12.4 Å². The van der Waals surface area contributed by atoms with Crippen LogP contribution in [0.2, 0.25) is 0 Å². The van der Waals surface area contributed by atoms with E-state index in [9.17, 15) is 23.1 Å². The van der Waals surface area contributed by atoms with Gasteiger partial charge in [-0.3, -0.25) is 9.35 Å². The molecule has 1 unspecified atom stereocenters. The van der Waals surface area contributed by atoms with E-state index < -0.39 is 39.4 Å². The van der Waals surface area contributed by atoms with Crippen LogP contribution < -0.4 is 45.5 Å². The number of benzene rings is 1. The number of hydrogen-bond donors (Lipinski definition) is 4. The van der Waals surface area contributed by atoms with Crippen LogP contribution in [0.15, 0.2) is 29.2 Å². The molecule has 0 fully saturated rings. The van der Waals surface area contributed by atoms with Crippen LogP contribution in [-0.4, -0.2) is 36.1 Å². The molecule has 0 radical (unpaired) electrons. The fourth-order valence-corrected chi connectivity index (χ4v) is 1.80. The quantitative estimate of drug-likeness (QED) is 0.220. The molecule has 0 aromatic heterocycles. The number of nitrogens with one attached hydrogen (secondary N) is 2. The van der Waals surface area contributed by atoms with Gasteiger partial charge in [0.25, 0.3) is 10.1 Å². The van der Waals surface area contributed by atoms with Crippen LogP contribution in [0, 0.1) is 0 Å². The van der Waals surface area contributed by atoms with Crippen LogP contribution in [0.25, 0.3) is 0 Å². The summed E-state index contributed by atoms with van der Waals surface area (Å²) in [7, 11) is -4.39. The number of carboxylic acid groups (broad SMARTS) is 2. The number of hydrazine groups is 1. The molecule has 0 aliphatic rings. The largest absolute Gasteiger partial charge is 1.00 e. The molecular formula is C10H11N2NaO7S. The summed E-state index contributed by atoms with van der Waals surface area (Å²) in [5.74, 6) is -2.98. The van der Waals surface area contributed by atoms with Crippen molar-refractivity contribution in [2.24, 2.45) is 0 Å². The average Bonchev–Trinajstić information content (AvgIpc) is 2.33. The van der Waals surface area contributed by atoms with Gasteiger partial charge in [0.2, 0.25) is 0 Å². The minimum Gasteiger partial charge on any atom is -0.550 e. The van der Waals surface area contributed by atoms with Gasteiger partial charge < -0.3 is 20.4 Å². The van der Waals surface area contributed by atoms with Crippen molar-refractivity contribution in [3.63, 3.8) is 0 Å². The minimum atomic E-state index is -4.39. The van der Waals surface area contributed by atoms with Crippen molar-refractivity contribution in [2.75, 3.05) is 5.43 Å². The van der Waals surface area contributed by atoms with Crippen LogP contribution in [0.5, 0.6) is 0 Å². The van der Waals surface area contributed by atoms with Gasteiger partial charge >= 0.3 is 35.5 Å². The molecule has 110 valence electrons. The van der Waals surface area contributed by atoms with Crippen molar-refractivity contribution in [3.05, 3.63) is 24.3 Å². The van der Waals surface area contributed by atoms with Gasteiger partial charge in [-0.1, -0.05) is 6.07 Å². The number of carbonyl (C=O) groups excluding carboxylic acids is 1. The van der Waals surface area contributed by atoms with Gasteiger partial charge in [0.1, 0.15) is 6.04 Å². The van der Waals surface area contributed by atoms with Gasteiger partial charge in [-0.15, -0.1) is 0 Å². The minimum absolute atomic E-state index is 0. The molecule has 9 nitrogen and oxygen atoms in total. The number of carbonyl (C=O) groups is 2. The van der Waals surface area contributed by atoms with E-state index in [2.05, 4.69) is 10.9 Å². The Morgan fingerprint density at radius 3 is 2.43 bits per heavy atom. The molecule has 0 aliphatic carbocycles. The summed E-state index contributed by atoms with van der Waals surface area (Å²) in [6, 6.07) is 3.41. The fourth-order valence-electron chi connectivity index (χ4n) is 1.27. The molecule has 0 amide bonds. The first-order chi connectivity index (χ1) is 9.20. The van der Waals surface area contributed by atoms with Crippen molar-refractivity contribution in [1.82, 2.24) is 5.43 Å². The third-order valence-electron chi connectivity index (χ3n) is 2.19. The second-order valence-electron chi connectivity index (χ2n) is 3.74.